The van der Waals surface area contributed by atoms with Crippen LogP contribution in [0.2, 0.25) is 6.04 Å². The van der Waals surface area contributed by atoms with Gasteiger partial charge >= 0.3 is 8.80 Å². The van der Waals surface area contributed by atoms with Crippen molar-refractivity contribution in [2.45, 2.75) is 33.2 Å². The lowest BCUT2D eigenvalue weighted by Gasteiger charge is -2.28. The van der Waals surface area contributed by atoms with Crippen LogP contribution >= 0.6 is 0 Å². The van der Waals surface area contributed by atoms with E-state index in [1.165, 1.54) is 0 Å². The van der Waals surface area contributed by atoms with Crippen LogP contribution in [0.15, 0.2) is 69.2 Å². The second-order valence-electron chi connectivity index (χ2n) is 6.52. The van der Waals surface area contributed by atoms with Gasteiger partial charge in [0.15, 0.2) is 5.75 Å². The molecular formula is C22H32N4O5Si. The quantitative estimate of drug-likeness (QED) is 0.135. The molecule has 32 heavy (non-hydrogen) atoms. The van der Waals surface area contributed by atoms with Gasteiger partial charge in [-0.05, 0) is 75.7 Å². The fraction of sp³-hybridized carbons (Fsp3) is 0.455. The lowest BCUT2D eigenvalue weighted by Crippen LogP contribution is -2.46. The molecule has 0 aromatic heterocycles. The molecule has 2 rings (SSSR count). The molecule has 0 aliphatic carbocycles. The summed E-state index contributed by atoms with van der Waals surface area (Å²) in [5, 5.41) is 16.3. The molecule has 2 aromatic rings. The van der Waals surface area contributed by atoms with E-state index in [9.17, 15) is 0 Å². The second kappa shape index (κ2) is 14.4. The van der Waals surface area contributed by atoms with Gasteiger partial charge in [-0.1, -0.05) is 0 Å². The highest BCUT2D eigenvalue weighted by molar-refractivity contribution is 6.60. The van der Waals surface area contributed by atoms with E-state index in [1.54, 1.807) is 31.4 Å². The van der Waals surface area contributed by atoms with Crippen molar-refractivity contribution in [2.24, 2.45) is 20.6 Å². The molecule has 0 aliphatic rings. The molecule has 0 unspecified atom stereocenters. The third kappa shape index (κ3) is 8.83. The fourth-order valence-corrected chi connectivity index (χ4v) is 5.42. The minimum absolute atomic E-state index is 0.496. The van der Waals surface area contributed by atoms with Gasteiger partial charge in [-0.25, -0.2) is 0 Å². The number of azo groups is 1. The van der Waals surface area contributed by atoms with Crippen molar-refractivity contribution >= 4 is 20.2 Å². The molecular weight excluding hydrogens is 428 g/mol. The normalized spacial score (nSPS) is 12.0. The SMILES string of the molecule is CCO[Si](CCCN=NOc1ccc(N=Nc2ccc(OC)cc2)cc1)(OCC)OCC. The maximum absolute atomic E-state index is 5.82. The third-order valence-corrected chi connectivity index (χ3v) is 7.38. The Balaban J connectivity index is 1.78. The maximum atomic E-state index is 5.82. The van der Waals surface area contributed by atoms with Crippen LogP contribution in [0.5, 0.6) is 11.5 Å². The molecule has 0 bridgehead atoms. The summed E-state index contributed by atoms with van der Waals surface area (Å²) >= 11 is 0. The number of benzene rings is 2. The van der Waals surface area contributed by atoms with Crippen LogP contribution in [-0.2, 0) is 13.3 Å². The van der Waals surface area contributed by atoms with Crippen LogP contribution in [0.1, 0.15) is 27.2 Å². The Hall–Kier alpha value is -2.66. The lowest BCUT2D eigenvalue weighted by atomic mass is 10.3. The first-order valence-corrected chi connectivity index (χ1v) is 12.7. The van der Waals surface area contributed by atoms with Crippen molar-refractivity contribution in [3.8, 4) is 11.5 Å². The monoisotopic (exact) mass is 460 g/mol. The minimum atomic E-state index is -2.63. The standard InChI is InChI=1S/C22H32N4O5Si/c1-5-28-32(29-6-2,30-7-3)18-8-17-23-26-31-22-15-11-20(12-16-22)25-24-19-9-13-21(27-4)14-10-19/h9-16H,5-8,17-18H2,1-4H3. The zero-order chi connectivity index (χ0) is 23.1. The topological polar surface area (TPSA) is 95.6 Å². The highest BCUT2D eigenvalue weighted by atomic mass is 28.4. The Labute approximate surface area is 190 Å². The van der Waals surface area contributed by atoms with Crippen LogP contribution in [0, 0.1) is 0 Å². The van der Waals surface area contributed by atoms with Gasteiger partial charge in [0.05, 0.1) is 25.0 Å². The molecule has 0 spiro atoms. The van der Waals surface area contributed by atoms with E-state index in [0.717, 1.165) is 17.9 Å². The van der Waals surface area contributed by atoms with Gasteiger partial charge in [0.1, 0.15) is 5.75 Å². The molecule has 0 fully saturated rings. The lowest BCUT2D eigenvalue weighted by molar-refractivity contribution is 0.0709. The number of methoxy groups -OCH3 is 1. The molecule has 0 amide bonds. The van der Waals surface area contributed by atoms with Crippen molar-refractivity contribution in [3.05, 3.63) is 48.5 Å². The minimum Gasteiger partial charge on any atom is -0.497 e. The van der Waals surface area contributed by atoms with Crippen molar-refractivity contribution in [3.63, 3.8) is 0 Å². The van der Waals surface area contributed by atoms with Gasteiger partial charge in [0.25, 0.3) is 0 Å². The molecule has 0 radical (unpaired) electrons. The molecule has 174 valence electrons. The van der Waals surface area contributed by atoms with Gasteiger partial charge in [0.2, 0.25) is 0 Å². The summed E-state index contributed by atoms with van der Waals surface area (Å²) in [6, 6.07) is 15.2. The van der Waals surface area contributed by atoms with E-state index < -0.39 is 8.80 Å². The molecule has 10 heteroatoms. The van der Waals surface area contributed by atoms with Crippen molar-refractivity contribution in [1.29, 1.82) is 0 Å². The molecule has 0 aliphatic heterocycles. The van der Waals surface area contributed by atoms with Gasteiger partial charge in [-0.2, -0.15) is 15.3 Å². The van der Waals surface area contributed by atoms with Gasteiger partial charge < -0.3 is 22.9 Å². The average Bonchev–Trinajstić information content (AvgIpc) is 2.81. The summed E-state index contributed by atoms with van der Waals surface area (Å²) in [6.45, 7) is 8.01. The van der Waals surface area contributed by atoms with Crippen LogP contribution < -0.4 is 9.57 Å². The molecule has 9 nitrogen and oxygen atoms in total. The Morgan fingerprint density at radius 1 is 0.719 bits per heavy atom. The number of ether oxygens (including phenoxy) is 1. The summed E-state index contributed by atoms with van der Waals surface area (Å²) in [4.78, 5) is 5.31. The van der Waals surface area contributed by atoms with Crippen molar-refractivity contribution in [1.82, 2.24) is 0 Å². The molecule has 0 atom stereocenters. The first-order valence-electron chi connectivity index (χ1n) is 10.8. The maximum Gasteiger partial charge on any atom is 0.500 e. The van der Waals surface area contributed by atoms with Crippen LogP contribution in [0.4, 0.5) is 11.4 Å². The first kappa shape index (κ1) is 25.6. The van der Waals surface area contributed by atoms with Crippen LogP contribution in [0.3, 0.4) is 0 Å². The van der Waals surface area contributed by atoms with Crippen LogP contribution in [0.25, 0.3) is 0 Å². The Morgan fingerprint density at radius 3 is 1.69 bits per heavy atom. The molecule has 2 aromatic carbocycles. The van der Waals surface area contributed by atoms with E-state index in [4.69, 9.17) is 22.9 Å². The van der Waals surface area contributed by atoms with E-state index in [1.807, 2.05) is 45.0 Å². The van der Waals surface area contributed by atoms with E-state index in [-0.39, 0.29) is 0 Å². The largest absolute Gasteiger partial charge is 0.500 e. The third-order valence-electron chi connectivity index (χ3n) is 4.23. The average molecular weight is 461 g/mol. The fourth-order valence-electron chi connectivity index (χ4n) is 2.82. The number of nitrogens with zero attached hydrogens (tertiary/aromatic N) is 4. The molecule has 0 N–H and O–H groups in total. The Morgan fingerprint density at radius 2 is 1.22 bits per heavy atom. The van der Waals surface area contributed by atoms with Crippen molar-refractivity contribution < 1.29 is 22.9 Å². The summed E-state index contributed by atoms with van der Waals surface area (Å²) in [5.41, 5.74) is 1.44. The smallest absolute Gasteiger partial charge is 0.497 e. The Kier molecular flexibility index (Phi) is 11.5. The van der Waals surface area contributed by atoms with Gasteiger partial charge in [0, 0.05) is 31.1 Å². The highest BCUT2D eigenvalue weighted by Gasteiger charge is 2.39. The van der Waals surface area contributed by atoms with E-state index in [0.29, 0.717) is 43.8 Å². The zero-order valence-corrected chi connectivity index (χ0v) is 20.2. The van der Waals surface area contributed by atoms with E-state index in [2.05, 4.69) is 20.6 Å². The molecule has 0 saturated carbocycles. The van der Waals surface area contributed by atoms with Gasteiger partial charge in [-0.15, -0.1) is 0 Å². The zero-order valence-electron chi connectivity index (χ0n) is 19.2. The first-order chi connectivity index (χ1) is 15.6. The van der Waals surface area contributed by atoms with Crippen molar-refractivity contribution in [2.75, 3.05) is 33.5 Å². The van der Waals surface area contributed by atoms with E-state index >= 15 is 0 Å². The molecule has 0 heterocycles. The summed E-state index contributed by atoms with van der Waals surface area (Å²) < 4.78 is 22.6. The summed E-state index contributed by atoms with van der Waals surface area (Å²) in [7, 11) is -1.01. The predicted octanol–water partition coefficient (Wildman–Crippen LogP) is 6.30. The number of hydrogen-bond acceptors (Lipinski definition) is 9. The highest BCUT2D eigenvalue weighted by Crippen LogP contribution is 2.23. The summed E-state index contributed by atoms with van der Waals surface area (Å²) in [6.07, 6.45) is 0.740. The summed E-state index contributed by atoms with van der Waals surface area (Å²) in [5.74, 6) is 1.35. The van der Waals surface area contributed by atoms with Crippen LogP contribution in [-0.4, -0.2) is 42.3 Å². The Bertz CT molecular complexity index is 814. The number of rotatable bonds is 15. The second-order valence-corrected chi connectivity index (χ2v) is 9.25. The number of hydrogen-bond donors (Lipinski definition) is 0. The molecule has 0 saturated heterocycles. The predicted molar refractivity (Wildman–Crippen MR) is 124 cm³/mol. The van der Waals surface area contributed by atoms with Gasteiger partial charge in [-0.3, -0.25) is 0 Å².